The molecule has 0 unspecified atom stereocenters. The normalized spacial score (nSPS) is 13.8. The molecule has 0 spiro atoms. The van der Waals surface area contributed by atoms with Crippen LogP contribution in [0.3, 0.4) is 0 Å². The Morgan fingerprint density at radius 2 is 2.12 bits per heavy atom. The van der Waals surface area contributed by atoms with E-state index in [0.717, 1.165) is 28.6 Å². The van der Waals surface area contributed by atoms with Crippen molar-refractivity contribution < 1.29 is 14.3 Å². The lowest BCUT2D eigenvalue weighted by atomic mass is 10.3. The molecular weight excluding hydrogens is 342 g/mol. The lowest BCUT2D eigenvalue weighted by Crippen LogP contribution is -2.28. The van der Waals surface area contributed by atoms with Crippen LogP contribution in [0.5, 0.6) is 11.5 Å². The van der Waals surface area contributed by atoms with Crippen molar-refractivity contribution in [2.24, 2.45) is 0 Å². The molecule has 0 aliphatic heterocycles. The topological polar surface area (TPSA) is 90.6 Å². The summed E-state index contributed by atoms with van der Waals surface area (Å²) in [4.78, 5) is 12.8. The predicted octanol–water partition coefficient (Wildman–Crippen LogP) is 1.77. The van der Waals surface area contributed by atoms with E-state index in [1.807, 2.05) is 12.1 Å². The van der Waals surface area contributed by atoms with E-state index in [-0.39, 0.29) is 12.5 Å². The highest BCUT2D eigenvalue weighted by Gasteiger charge is 2.30. The van der Waals surface area contributed by atoms with Crippen LogP contribution >= 0.6 is 11.3 Å². The molecule has 1 aliphatic carbocycles. The molecule has 25 heavy (non-hydrogen) atoms. The highest BCUT2D eigenvalue weighted by atomic mass is 32.1. The van der Waals surface area contributed by atoms with E-state index in [2.05, 4.69) is 20.6 Å². The SMILES string of the molecule is COc1ccccc1OCC(=O)NCc1nn2c(C3CC3)nnc2s1. The van der Waals surface area contributed by atoms with Crippen LogP contribution in [0.2, 0.25) is 0 Å². The minimum atomic E-state index is -0.223. The van der Waals surface area contributed by atoms with Gasteiger partial charge < -0.3 is 14.8 Å². The molecule has 9 heteroatoms. The summed E-state index contributed by atoms with van der Waals surface area (Å²) in [6.07, 6.45) is 2.29. The average Bonchev–Trinajstić information content (AvgIpc) is 3.27. The molecule has 1 amide bonds. The van der Waals surface area contributed by atoms with E-state index in [4.69, 9.17) is 9.47 Å². The third kappa shape index (κ3) is 3.41. The molecule has 0 radical (unpaired) electrons. The van der Waals surface area contributed by atoms with Crippen molar-refractivity contribution in [2.75, 3.05) is 13.7 Å². The summed E-state index contributed by atoms with van der Waals surface area (Å²) in [5.74, 6) is 2.31. The Labute approximate surface area is 147 Å². The molecule has 1 aromatic carbocycles. The van der Waals surface area contributed by atoms with Gasteiger partial charge >= 0.3 is 0 Å². The van der Waals surface area contributed by atoms with Crippen LogP contribution in [0, 0.1) is 0 Å². The molecule has 4 rings (SSSR count). The highest BCUT2D eigenvalue weighted by molar-refractivity contribution is 7.16. The maximum atomic E-state index is 12.0. The number of nitrogens with one attached hydrogen (secondary N) is 1. The number of nitrogens with zero attached hydrogens (tertiary/aromatic N) is 4. The van der Waals surface area contributed by atoms with Crippen LogP contribution in [0.15, 0.2) is 24.3 Å². The molecule has 2 aromatic heterocycles. The van der Waals surface area contributed by atoms with Crippen LogP contribution in [0.1, 0.15) is 29.6 Å². The first-order chi connectivity index (χ1) is 12.2. The fourth-order valence-electron chi connectivity index (χ4n) is 2.45. The Morgan fingerprint density at radius 1 is 1.32 bits per heavy atom. The predicted molar refractivity (Wildman–Crippen MR) is 91.0 cm³/mol. The molecular formula is C16H17N5O3S. The summed E-state index contributed by atoms with van der Waals surface area (Å²) in [6, 6.07) is 7.21. The standard InChI is InChI=1S/C16H17N5O3S/c1-23-11-4-2-3-5-12(11)24-9-13(22)17-8-14-20-21-15(10-6-7-10)18-19-16(21)25-14/h2-5,10H,6-9H2,1H3,(H,17,22). The third-order valence-electron chi connectivity index (χ3n) is 3.86. The molecule has 0 bridgehead atoms. The number of hydrogen-bond acceptors (Lipinski definition) is 7. The van der Waals surface area contributed by atoms with E-state index in [0.29, 0.717) is 24.0 Å². The van der Waals surface area contributed by atoms with Crippen LogP contribution < -0.4 is 14.8 Å². The quantitative estimate of drug-likeness (QED) is 0.691. The minimum Gasteiger partial charge on any atom is -0.493 e. The number of ether oxygens (including phenoxy) is 2. The van der Waals surface area contributed by atoms with Crippen molar-refractivity contribution in [3.63, 3.8) is 0 Å². The molecule has 1 aliphatic rings. The molecule has 0 atom stereocenters. The van der Waals surface area contributed by atoms with Gasteiger partial charge in [-0.2, -0.15) is 9.61 Å². The number of carbonyl (C=O) groups excluding carboxylic acids is 1. The first kappa shape index (κ1) is 15.8. The van der Waals surface area contributed by atoms with Crippen molar-refractivity contribution >= 4 is 22.2 Å². The third-order valence-corrected chi connectivity index (χ3v) is 4.76. The average molecular weight is 359 g/mol. The van der Waals surface area contributed by atoms with Crippen molar-refractivity contribution in [1.29, 1.82) is 0 Å². The highest BCUT2D eigenvalue weighted by Crippen LogP contribution is 2.39. The van der Waals surface area contributed by atoms with E-state index in [1.165, 1.54) is 11.3 Å². The van der Waals surface area contributed by atoms with E-state index in [9.17, 15) is 4.79 Å². The summed E-state index contributed by atoms with van der Waals surface area (Å²) in [7, 11) is 1.56. The van der Waals surface area contributed by atoms with Crippen molar-refractivity contribution in [3.8, 4) is 11.5 Å². The lowest BCUT2D eigenvalue weighted by molar-refractivity contribution is -0.123. The van der Waals surface area contributed by atoms with Crippen LogP contribution in [0.4, 0.5) is 0 Å². The zero-order chi connectivity index (χ0) is 17.2. The lowest BCUT2D eigenvalue weighted by Gasteiger charge is -2.09. The number of aromatic nitrogens is 4. The van der Waals surface area contributed by atoms with E-state index in [1.54, 1.807) is 23.8 Å². The summed E-state index contributed by atoms with van der Waals surface area (Å²) < 4.78 is 12.5. The summed E-state index contributed by atoms with van der Waals surface area (Å²) >= 11 is 1.43. The fourth-order valence-corrected chi connectivity index (χ4v) is 3.23. The van der Waals surface area contributed by atoms with Crippen LogP contribution in [-0.2, 0) is 11.3 Å². The number of fused-ring (bicyclic) bond motifs is 1. The molecule has 1 fully saturated rings. The van der Waals surface area contributed by atoms with Gasteiger partial charge in [-0.3, -0.25) is 4.79 Å². The molecule has 1 N–H and O–H groups in total. The second kappa shape index (κ2) is 6.67. The number of rotatable bonds is 7. The van der Waals surface area contributed by atoms with Crippen molar-refractivity contribution in [3.05, 3.63) is 35.1 Å². The molecule has 2 heterocycles. The number of hydrogen-bond donors (Lipinski definition) is 1. The minimum absolute atomic E-state index is 0.0856. The Kier molecular flexibility index (Phi) is 4.22. The maximum absolute atomic E-state index is 12.0. The Bertz CT molecular complexity index is 902. The first-order valence-corrected chi connectivity index (χ1v) is 8.80. The van der Waals surface area contributed by atoms with Gasteiger partial charge in [0, 0.05) is 5.92 Å². The molecule has 3 aromatic rings. The van der Waals surface area contributed by atoms with Gasteiger partial charge in [0.05, 0.1) is 13.7 Å². The van der Waals surface area contributed by atoms with E-state index >= 15 is 0 Å². The summed E-state index contributed by atoms with van der Waals surface area (Å²) in [5.41, 5.74) is 0. The second-order valence-electron chi connectivity index (χ2n) is 5.74. The summed E-state index contributed by atoms with van der Waals surface area (Å²) in [5, 5.41) is 16.4. The Morgan fingerprint density at radius 3 is 2.88 bits per heavy atom. The second-order valence-corrected chi connectivity index (χ2v) is 6.78. The number of methoxy groups -OCH3 is 1. The van der Waals surface area contributed by atoms with Gasteiger partial charge in [0.2, 0.25) is 4.96 Å². The number of amides is 1. The number of benzene rings is 1. The molecule has 0 saturated heterocycles. The molecule has 8 nitrogen and oxygen atoms in total. The largest absolute Gasteiger partial charge is 0.493 e. The smallest absolute Gasteiger partial charge is 0.258 e. The van der Waals surface area contributed by atoms with Crippen LogP contribution in [-0.4, -0.2) is 39.4 Å². The van der Waals surface area contributed by atoms with Gasteiger partial charge in [-0.1, -0.05) is 23.5 Å². The van der Waals surface area contributed by atoms with Gasteiger partial charge in [-0.15, -0.1) is 10.2 Å². The first-order valence-electron chi connectivity index (χ1n) is 7.98. The Balaban J connectivity index is 1.32. The molecule has 1 saturated carbocycles. The van der Waals surface area contributed by atoms with Gasteiger partial charge in [0.15, 0.2) is 23.9 Å². The monoisotopic (exact) mass is 359 g/mol. The van der Waals surface area contributed by atoms with Gasteiger partial charge in [0.25, 0.3) is 5.91 Å². The number of para-hydroxylation sites is 2. The Hall–Kier alpha value is -2.68. The van der Waals surface area contributed by atoms with Gasteiger partial charge in [-0.05, 0) is 25.0 Å². The summed E-state index contributed by atoms with van der Waals surface area (Å²) in [6.45, 7) is 0.254. The molecule has 130 valence electrons. The fraction of sp³-hybridized carbons (Fsp3) is 0.375. The van der Waals surface area contributed by atoms with Gasteiger partial charge in [0.1, 0.15) is 5.01 Å². The van der Waals surface area contributed by atoms with Crippen molar-refractivity contribution in [2.45, 2.75) is 25.3 Å². The zero-order valence-corrected chi connectivity index (χ0v) is 14.5. The van der Waals surface area contributed by atoms with E-state index < -0.39 is 0 Å². The maximum Gasteiger partial charge on any atom is 0.258 e. The van der Waals surface area contributed by atoms with Gasteiger partial charge in [-0.25, -0.2) is 0 Å². The van der Waals surface area contributed by atoms with Crippen molar-refractivity contribution in [1.82, 2.24) is 25.1 Å². The van der Waals surface area contributed by atoms with Crippen LogP contribution in [0.25, 0.3) is 4.96 Å². The zero-order valence-electron chi connectivity index (χ0n) is 13.6. The number of carbonyl (C=O) groups is 1.